The van der Waals surface area contributed by atoms with E-state index in [0.29, 0.717) is 26.4 Å². The van der Waals surface area contributed by atoms with Gasteiger partial charge in [-0.3, -0.25) is 0 Å². The molecule has 0 amide bonds. The number of hydrogen-bond acceptors (Lipinski definition) is 4. The highest BCUT2D eigenvalue weighted by Gasteiger charge is 2.19. The van der Waals surface area contributed by atoms with Gasteiger partial charge in [-0.15, -0.1) is 5.32 Å². The maximum atomic E-state index is 5.65. The van der Waals surface area contributed by atoms with Crippen molar-refractivity contribution in [2.24, 2.45) is 0 Å². The Morgan fingerprint density at radius 3 is 1.29 bits per heavy atom. The molecular formula is C16H34NO4. The minimum atomic E-state index is -0.597. The third-order valence-corrected chi connectivity index (χ3v) is 2.69. The Hall–Kier alpha value is -0.200. The van der Waals surface area contributed by atoms with Gasteiger partial charge in [0, 0.05) is 0 Å². The SMILES string of the molecule is CCCCOC([N]C(OCCC)OCCCC)OCCC. The van der Waals surface area contributed by atoms with E-state index in [4.69, 9.17) is 18.9 Å². The van der Waals surface area contributed by atoms with Gasteiger partial charge in [0.05, 0.1) is 26.4 Å². The van der Waals surface area contributed by atoms with Crippen molar-refractivity contribution in [2.45, 2.75) is 79.0 Å². The van der Waals surface area contributed by atoms with Crippen molar-refractivity contribution < 1.29 is 18.9 Å². The van der Waals surface area contributed by atoms with Crippen molar-refractivity contribution in [3.63, 3.8) is 0 Å². The van der Waals surface area contributed by atoms with Crippen molar-refractivity contribution in [1.29, 1.82) is 0 Å². The van der Waals surface area contributed by atoms with E-state index in [2.05, 4.69) is 33.0 Å². The highest BCUT2D eigenvalue weighted by atomic mass is 16.7. The van der Waals surface area contributed by atoms with Crippen LogP contribution in [0.3, 0.4) is 0 Å². The first-order chi connectivity index (χ1) is 10.3. The van der Waals surface area contributed by atoms with Gasteiger partial charge in [-0.1, -0.05) is 40.5 Å². The molecule has 21 heavy (non-hydrogen) atoms. The lowest BCUT2D eigenvalue weighted by Crippen LogP contribution is -2.39. The summed E-state index contributed by atoms with van der Waals surface area (Å²) < 4.78 is 22.5. The molecule has 2 unspecified atom stereocenters. The summed E-state index contributed by atoms with van der Waals surface area (Å²) in [6, 6.07) is 0. The molecule has 0 aromatic carbocycles. The van der Waals surface area contributed by atoms with Gasteiger partial charge in [0.25, 0.3) is 0 Å². The normalized spacial score (nSPS) is 14.3. The summed E-state index contributed by atoms with van der Waals surface area (Å²) in [5, 5.41) is 4.41. The molecule has 0 saturated carbocycles. The predicted molar refractivity (Wildman–Crippen MR) is 83.9 cm³/mol. The van der Waals surface area contributed by atoms with Crippen LogP contribution in [-0.4, -0.2) is 39.3 Å². The van der Waals surface area contributed by atoms with Crippen molar-refractivity contribution in [1.82, 2.24) is 5.32 Å². The molecular weight excluding hydrogens is 270 g/mol. The molecule has 1 radical (unpaired) electrons. The summed E-state index contributed by atoms with van der Waals surface area (Å²) in [5.74, 6) is 0. The first-order valence-corrected chi connectivity index (χ1v) is 8.44. The van der Waals surface area contributed by atoms with E-state index in [-0.39, 0.29) is 0 Å². The van der Waals surface area contributed by atoms with Crippen LogP contribution in [-0.2, 0) is 18.9 Å². The average molecular weight is 304 g/mol. The van der Waals surface area contributed by atoms with Gasteiger partial charge in [0.2, 0.25) is 12.8 Å². The highest BCUT2D eigenvalue weighted by Crippen LogP contribution is 2.04. The minimum absolute atomic E-state index is 0.597. The Labute approximate surface area is 130 Å². The molecule has 0 rings (SSSR count). The molecule has 0 N–H and O–H groups in total. The molecule has 5 heteroatoms. The van der Waals surface area contributed by atoms with Crippen molar-refractivity contribution >= 4 is 0 Å². The van der Waals surface area contributed by atoms with E-state index in [1.54, 1.807) is 0 Å². The van der Waals surface area contributed by atoms with Crippen LogP contribution in [0.5, 0.6) is 0 Å². The van der Waals surface area contributed by atoms with Gasteiger partial charge in [-0.25, -0.2) is 0 Å². The van der Waals surface area contributed by atoms with Gasteiger partial charge < -0.3 is 18.9 Å². The molecule has 0 saturated heterocycles. The summed E-state index contributed by atoms with van der Waals surface area (Å²) in [6.07, 6.45) is 4.84. The lowest BCUT2D eigenvalue weighted by molar-refractivity contribution is -0.241. The molecule has 0 heterocycles. The quantitative estimate of drug-likeness (QED) is 0.323. The lowest BCUT2D eigenvalue weighted by atomic mass is 10.4. The molecule has 0 aliphatic carbocycles. The first kappa shape index (κ1) is 20.8. The fourth-order valence-electron chi connectivity index (χ4n) is 1.46. The summed E-state index contributed by atoms with van der Waals surface area (Å²) >= 11 is 0. The second kappa shape index (κ2) is 16.2. The van der Waals surface area contributed by atoms with E-state index >= 15 is 0 Å². The maximum absolute atomic E-state index is 5.65. The van der Waals surface area contributed by atoms with E-state index in [1.165, 1.54) is 0 Å². The van der Waals surface area contributed by atoms with Crippen LogP contribution < -0.4 is 5.32 Å². The zero-order chi connectivity index (χ0) is 15.8. The molecule has 0 aromatic heterocycles. The smallest absolute Gasteiger partial charge is 0.236 e. The van der Waals surface area contributed by atoms with Gasteiger partial charge in [0.1, 0.15) is 0 Å². The Morgan fingerprint density at radius 1 is 0.571 bits per heavy atom. The molecule has 0 bridgehead atoms. The number of hydrogen-bond donors (Lipinski definition) is 0. The van der Waals surface area contributed by atoms with Crippen LogP contribution in [0.2, 0.25) is 0 Å². The van der Waals surface area contributed by atoms with Gasteiger partial charge >= 0.3 is 0 Å². The fourth-order valence-corrected chi connectivity index (χ4v) is 1.46. The Kier molecular flexibility index (Phi) is 16.0. The largest absolute Gasteiger partial charge is 0.339 e. The predicted octanol–water partition coefficient (Wildman–Crippen LogP) is 3.64. The molecule has 0 fully saturated rings. The monoisotopic (exact) mass is 304 g/mol. The third kappa shape index (κ3) is 13.2. The van der Waals surface area contributed by atoms with Crippen molar-refractivity contribution in [2.75, 3.05) is 26.4 Å². The van der Waals surface area contributed by atoms with E-state index in [9.17, 15) is 0 Å². The molecule has 0 aliphatic heterocycles. The Bertz CT molecular complexity index is 185. The van der Waals surface area contributed by atoms with Crippen LogP contribution in [0.1, 0.15) is 66.2 Å². The fraction of sp³-hybridized carbons (Fsp3) is 1.00. The summed E-state index contributed by atoms with van der Waals surface area (Å²) in [7, 11) is 0. The van der Waals surface area contributed by atoms with Crippen molar-refractivity contribution in [3.05, 3.63) is 0 Å². The van der Waals surface area contributed by atoms with Crippen LogP contribution >= 0.6 is 0 Å². The molecule has 0 spiro atoms. The van der Waals surface area contributed by atoms with E-state index in [1.807, 2.05) is 0 Å². The molecule has 2 atom stereocenters. The lowest BCUT2D eigenvalue weighted by Gasteiger charge is -2.24. The van der Waals surface area contributed by atoms with Gasteiger partial charge in [-0.2, -0.15) is 0 Å². The number of unbranched alkanes of at least 4 members (excludes halogenated alkanes) is 2. The number of rotatable bonds is 16. The number of ether oxygens (including phenoxy) is 4. The standard InChI is InChI=1S/C16H34NO4/c1-5-9-13-20-15(18-11-7-3)17-16(19-12-8-4)21-14-10-6-2/h15-16H,5-14H2,1-4H3. The van der Waals surface area contributed by atoms with Crippen LogP contribution in [0.15, 0.2) is 0 Å². The molecule has 127 valence electrons. The average Bonchev–Trinajstić information content (AvgIpc) is 2.50. The van der Waals surface area contributed by atoms with E-state index < -0.39 is 12.8 Å². The summed E-state index contributed by atoms with van der Waals surface area (Å²) in [6.45, 7) is 10.9. The summed E-state index contributed by atoms with van der Waals surface area (Å²) in [4.78, 5) is 0. The first-order valence-electron chi connectivity index (χ1n) is 8.44. The second-order valence-corrected chi connectivity index (χ2v) is 4.95. The van der Waals surface area contributed by atoms with Crippen molar-refractivity contribution in [3.8, 4) is 0 Å². The van der Waals surface area contributed by atoms with Gasteiger partial charge in [-0.05, 0) is 25.7 Å². The zero-order valence-electron chi connectivity index (χ0n) is 14.3. The Morgan fingerprint density at radius 2 is 0.952 bits per heavy atom. The molecule has 0 aromatic rings. The second-order valence-electron chi connectivity index (χ2n) is 4.95. The third-order valence-electron chi connectivity index (χ3n) is 2.69. The van der Waals surface area contributed by atoms with Crippen LogP contribution in [0.4, 0.5) is 0 Å². The Balaban J connectivity index is 4.22. The highest BCUT2D eigenvalue weighted by molar-refractivity contribution is 4.47. The summed E-state index contributed by atoms with van der Waals surface area (Å²) in [5.41, 5.74) is 0. The maximum Gasteiger partial charge on any atom is 0.236 e. The topological polar surface area (TPSA) is 51.0 Å². The van der Waals surface area contributed by atoms with Crippen LogP contribution in [0.25, 0.3) is 0 Å². The van der Waals surface area contributed by atoms with Crippen LogP contribution in [0, 0.1) is 0 Å². The van der Waals surface area contributed by atoms with Gasteiger partial charge in [0.15, 0.2) is 0 Å². The number of nitrogens with zero attached hydrogens (tertiary/aromatic N) is 1. The zero-order valence-corrected chi connectivity index (χ0v) is 14.3. The molecule has 5 nitrogen and oxygen atoms in total. The molecule has 0 aliphatic rings. The minimum Gasteiger partial charge on any atom is -0.339 e. The van der Waals surface area contributed by atoms with E-state index in [0.717, 1.165) is 38.5 Å².